The molecule has 1 aromatic carbocycles. The first-order valence-electron chi connectivity index (χ1n) is 6.16. The Labute approximate surface area is 117 Å². The third kappa shape index (κ3) is 3.56. The molecular weight excluding hydrogens is 314 g/mol. The van der Waals surface area contributed by atoms with Gasteiger partial charge in [-0.1, -0.05) is 6.07 Å². The minimum atomic E-state index is -3.14. The summed E-state index contributed by atoms with van der Waals surface area (Å²) in [6, 6.07) is 5.58. The van der Waals surface area contributed by atoms with Crippen molar-refractivity contribution in [3.05, 3.63) is 28.2 Å². The van der Waals surface area contributed by atoms with Crippen LogP contribution in [0.1, 0.15) is 18.4 Å². The van der Waals surface area contributed by atoms with E-state index in [9.17, 15) is 8.42 Å². The third-order valence-electron chi connectivity index (χ3n) is 3.38. The molecule has 0 unspecified atom stereocenters. The maximum Gasteiger partial charge on any atom is 0.176 e. The van der Waals surface area contributed by atoms with Gasteiger partial charge >= 0.3 is 0 Å². The third-order valence-corrected chi connectivity index (χ3v) is 5.45. The molecule has 0 atom stereocenters. The Balaban J connectivity index is 2.13. The van der Waals surface area contributed by atoms with E-state index >= 15 is 0 Å². The maximum absolute atomic E-state index is 11.5. The second kappa shape index (κ2) is 5.72. The minimum absolute atomic E-state index is 0.372. The molecule has 1 aromatic rings. The average Bonchev–Trinajstić information content (AvgIpc) is 2.28. The lowest BCUT2D eigenvalue weighted by Crippen LogP contribution is -2.28. The summed E-state index contributed by atoms with van der Waals surface area (Å²) in [6.45, 7) is 2.18. The predicted molar refractivity (Wildman–Crippen MR) is 76.5 cm³/mol. The van der Waals surface area contributed by atoms with Crippen molar-refractivity contribution in [2.24, 2.45) is 5.92 Å². The van der Waals surface area contributed by atoms with E-state index in [1.54, 1.807) is 6.07 Å². The Morgan fingerprint density at radius 3 is 2.56 bits per heavy atom. The number of hydrogen-bond donors (Lipinski definition) is 1. The first kappa shape index (κ1) is 14.0. The summed E-state index contributed by atoms with van der Waals surface area (Å²) in [5.41, 5.74) is 1.21. The summed E-state index contributed by atoms with van der Waals surface area (Å²) >= 11 is 3.36. The molecule has 1 saturated heterocycles. The van der Waals surface area contributed by atoms with Crippen molar-refractivity contribution < 1.29 is 8.42 Å². The number of rotatable bonds is 3. The lowest BCUT2D eigenvalue weighted by molar-refractivity contribution is 0.372. The van der Waals surface area contributed by atoms with Crippen LogP contribution in [0.3, 0.4) is 0 Å². The van der Waals surface area contributed by atoms with Gasteiger partial charge in [-0.3, -0.25) is 0 Å². The molecule has 1 heterocycles. The number of sulfone groups is 1. The van der Waals surface area contributed by atoms with Gasteiger partial charge in [0.25, 0.3) is 0 Å². The fourth-order valence-electron chi connectivity index (χ4n) is 2.39. The predicted octanol–water partition coefficient (Wildman–Crippen LogP) is 2.39. The van der Waals surface area contributed by atoms with Crippen LogP contribution in [0.25, 0.3) is 0 Å². The van der Waals surface area contributed by atoms with E-state index in [0.717, 1.165) is 19.5 Å². The summed E-state index contributed by atoms with van der Waals surface area (Å²) in [5.74, 6) is 0.710. The largest absolute Gasteiger partial charge is 0.317 e. The molecule has 0 aliphatic carbocycles. The van der Waals surface area contributed by atoms with Crippen molar-refractivity contribution in [3.63, 3.8) is 0 Å². The molecule has 0 saturated carbocycles. The fourth-order valence-corrected chi connectivity index (χ4v) is 4.43. The van der Waals surface area contributed by atoms with Crippen LogP contribution in [0.15, 0.2) is 27.6 Å². The zero-order valence-electron chi connectivity index (χ0n) is 10.4. The quantitative estimate of drug-likeness (QED) is 0.925. The van der Waals surface area contributed by atoms with E-state index in [-0.39, 0.29) is 0 Å². The molecule has 0 aromatic heterocycles. The summed E-state index contributed by atoms with van der Waals surface area (Å²) in [6.07, 6.45) is 4.67. The lowest BCUT2D eigenvalue weighted by atomic mass is 9.91. The monoisotopic (exact) mass is 331 g/mol. The molecule has 1 aliphatic heterocycles. The highest BCUT2D eigenvalue weighted by atomic mass is 79.9. The number of nitrogens with one attached hydrogen (secondary N) is 1. The van der Waals surface area contributed by atoms with E-state index in [1.807, 2.05) is 12.1 Å². The molecule has 0 spiro atoms. The number of benzene rings is 1. The molecule has 3 nitrogen and oxygen atoms in total. The summed E-state index contributed by atoms with van der Waals surface area (Å²) < 4.78 is 23.7. The van der Waals surface area contributed by atoms with Crippen molar-refractivity contribution in [1.82, 2.24) is 5.32 Å². The lowest BCUT2D eigenvalue weighted by Gasteiger charge is -2.22. The molecule has 100 valence electrons. The van der Waals surface area contributed by atoms with E-state index < -0.39 is 9.84 Å². The molecule has 0 radical (unpaired) electrons. The van der Waals surface area contributed by atoms with Gasteiger partial charge in [-0.25, -0.2) is 8.42 Å². The average molecular weight is 332 g/mol. The van der Waals surface area contributed by atoms with Crippen LogP contribution in [0.2, 0.25) is 0 Å². The van der Waals surface area contributed by atoms with Gasteiger partial charge in [-0.2, -0.15) is 0 Å². The molecule has 18 heavy (non-hydrogen) atoms. The zero-order chi connectivity index (χ0) is 13.2. The highest BCUT2D eigenvalue weighted by Gasteiger charge is 2.16. The van der Waals surface area contributed by atoms with Gasteiger partial charge in [0.05, 0.1) is 4.90 Å². The van der Waals surface area contributed by atoms with Crippen molar-refractivity contribution in [2.75, 3.05) is 19.3 Å². The molecule has 0 bridgehead atoms. The second-order valence-electron chi connectivity index (χ2n) is 4.93. The molecule has 2 rings (SSSR count). The van der Waals surface area contributed by atoms with E-state index in [0.29, 0.717) is 15.3 Å². The molecule has 5 heteroatoms. The molecular formula is C13H18BrNO2S. The zero-order valence-corrected chi connectivity index (χ0v) is 12.9. The Hall–Kier alpha value is -0.390. The number of halogens is 1. The first-order chi connectivity index (χ1) is 8.47. The van der Waals surface area contributed by atoms with Crippen LogP contribution in [-0.4, -0.2) is 27.8 Å². The number of hydrogen-bond acceptors (Lipinski definition) is 3. The van der Waals surface area contributed by atoms with Crippen molar-refractivity contribution in [1.29, 1.82) is 0 Å². The Morgan fingerprint density at radius 1 is 1.33 bits per heavy atom. The molecule has 1 fully saturated rings. The van der Waals surface area contributed by atoms with Gasteiger partial charge in [-0.05, 0) is 71.9 Å². The molecule has 0 amide bonds. The van der Waals surface area contributed by atoms with Gasteiger partial charge in [-0.15, -0.1) is 0 Å². The Morgan fingerprint density at radius 2 is 2.00 bits per heavy atom. The van der Waals surface area contributed by atoms with Crippen molar-refractivity contribution >= 4 is 25.8 Å². The van der Waals surface area contributed by atoms with Gasteiger partial charge in [0, 0.05) is 10.7 Å². The summed E-state index contributed by atoms with van der Waals surface area (Å²) in [5, 5.41) is 3.35. The van der Waals surface area contributed by atoms with Crippen molar-refractivity contribution in [2.45, 2.75) is 24.2 Å². The topological polar surface area (TPSA) is 46.2 Å². The van der Waals surface area contributed by atoms with E-state index in [4.69, 9.17) is 0 Å². The van der Waals surface area contributed by atoms with E-state index in [1.165, 1.54) is 24.7 Å². The van der Waals surface area contributed by atoms with Gasteiger partial charge in [0.1, 0.15) is 0 Å². The van der Waals surface area contributed by atoms with Crippen molar-refractivity contribution in [3.8, 4) is 0 Å². The minimum Gasteiger partial charge on any atom is -0.317 e. The summed E-state index contributed by atoms with van der Waals surface area (Å²) in [7, 11) is -3.14. The van der Waals surface area contributed by atoms with Gasteiger partial charge < -0.3 is 5.32 Å². The van der Waals surface area contributed by atoms with Crippen LogP contribution in [0.5, 0.6) is 0 Å². The SMILES string of the molecule is CS(=O)(=O)c1ccc(CC2CCNCC2)cc1Br. The smallest absolute Gasteiger partial charge is 0.176 e. The normalized spacial score (nSPS) is 17.9. The van der Waals surface area contributed by atoms with Crippen LogP contribution in [0, 0.1) is 5.92 Å². The van der Waals surface area contributed by atoms with Gasteiger partial charge in [0.2, 0.25) is 0 Å². The van der Waals surface area contributed by atoms with Gasteiger partial charge in [0.15, 0.2) is 9.84 Å². The standard InChI is InChI=1S/C13H18BrNO2S/c1-18(16,17)13-3-2-11(9-12(13)14)8-10-4-6-15-7-5-10/h2-3,9-10,15H,4-8H2,1H3. The van der Waals surface area contributed by atoms with E-state index in [2.05, 4.69) is 21.2 Å². The van der Waals surface area contributed by atoms with Crippen LogP contribution in [-0.2, 0) is 16.3 Å². The second-order valence-corrected chi connectivity index (χ2v) is 7.77. The highest BCUT2D eigenvalue weighted by Crippen LogP contribution is 2.26. The first-order valence-corrected chi connectivity index (χ1v) is 8.84. The highest BCUT2D eigenvalue weighted by molar-refractivity contribution is 9.10. The summed E-state index contributed by atoms with van der Waals surface area (Å²) in [4.78, 5) is 0.372. The van der Waals surface area contributed by atoms with Crippen LogP contribution < -0.4 is 5.32 Å². The number of piperidine rings is 1. The molecule has 1 N–H and O–H groups in total. The van der Waals surface area contributed by atoms with Crippen LogP contribution in [0.4, 0.5) is 0 Å². The molecule has 1 aliphatic rings. The van der Waals surface area contributed by atoms with Crippen LogP contribution >= 0.6 is 15.9 Å². The Kier molecular flexibility index (Phi) is 4.45. The maximum atomic E-state index is 11.5. The Bertz CT molecular complexity index is 522. The fraction of sp³-hybridized carbons (Fsp3) is 0.538.